The molecule has 1 aromatic rings. The summed E-state index contributed by atoms with van der Waals surface area (Å²) in [5.41, 5.74) is 0.816. The minimum Gasteiger partial charge on any atom is -0.387 e. The highest BCUT2D eigenvalue weighted by atomic mass is 16.3. The molecule has 1 amide bonds. The smallest absolute Gasteiger partial charge is 0.216 e. The third kappa shape index (κ3) is 3.25. The van der Waals surface area contributed by atoms with Crippen LogP contribution in [0, 0.1) is 0 Å². The third-order valence-corrected chi connectivity index (χ3v) is 1.73. The number of hydrogen-bond acceptors (Lipinski definition) is 2. The van der Waals surface area contributed by atoms with Crippen LogP contribution < -0.4 is 5.32 Å². The fraction of sp³-hybridized carbons (Fsp3) is 0.300. The van der Waals surface area contributed by atoms with Gasteiger partial charge in [-0.25, -0.2) is 0 Å². The van der Waals surface area contributed by atoms with Crippen LogP contribution in [0.2, 0.25) is 0 Å². The van der Waals surface area contributed by atoms with Crippen molar-refractivity contribution in [3.63, 3.8) is 0 Å². The van der Waals surface area contributed by atoms with Gasteiger partial charge in [0, 0.05) is 13.5 Å². The highest BCUT2D eigenvalue weighted by molar-refractivity contribution is 5.72. The molecule has 0 spiro atoms. The summed E-state index contributed by atoms with van der Waals surface area (Å²) >= 11 is 0. The Labute approximate surface area is 77.4 Å². The molecular formula is C10H13NO2. The zero-order chi connectivity index (χ0) is 9.68. The number of hydrogen-bond donors (Lipinski definition) is 2. The average Bonchev–Trinajstić information content (AvgIpc) is 2.15. The molecule has 0 radical (unpaired) electrons. The Morgan fingerprint density at radius 3 is 2.62 bits per heavy atom. The minimum absolute atomic E-state index is 0.130. The van der Waals surface area contributed by atoms with E-state index in [0.29, 0.717) is 0 Å². The Morgan fingerprint density at radius 1 is 1.46 bits per heavy atom. The lowest BCUT2D eigenvalue weighted by Crippen LogP contribution is -2.25. The molecular weight excluding hydrogens is 166 g/mol. The lowest BCUT2D eigenvalue weighted by Gasteiger charge is -2.10. The Balaban J connectivity index is 2.49. The van der Waals surface area contributed by atoms with Crippen molar-refractivity contribution < 1.29 is 9.90 Å². The van der Waals surface area contributed by atoms with Gasteiger partial charge in [0.05, 0.1) is 6.10 Å². The van der Waals surface area contributed by atoms with Crippen LogP contribution in [0.15, 0.2) is 30.3 Å². The van der Waals surface area contributed by atoms with Crippen LogP contribution >= 0.6 is 0 Å². The molecule has 70 valence electrons. The third-order valence-electron chi connectivity index (χ3n) is 1.73. The van der Waals surface area contributed by atoms with Crippen LogP contribution in [0.3, 0.4) is 0 Å². The molecule has 13 heavy (non-hydrogen) atoms. The first-order valence-electron chi connectivity index (χ1n) is 4.17. The van der Waals surface area contributed by atoms with Crippen molar-refractivity contribution in [3.05, 3.63) is 35.9 Å². The van der Waals surface area contributed by atoms with Gasteiger partial charge in [-0.05, 0) is 5.56 Å². The molecule has 0 heterocycles. The van der Waals surface area contributed by atoms with E-state index in [9.17, 15) is 9.90 Å². The highest BCUT2D eigenvalue weighted by Crippen LogP contribution is 2.09. The van der Waals surface area contributed by atoms with Crippen LogP contribution in [0.1, 0.15) is 18.6 Å². The Hall–Kier alpha value is -1.35. The van der Waals surface area contributed by atoms with Gasteiger partial charge < -0.3 is 10.4 Å². The maximum absolute atomic E-state index is 10.6. The number of nitrogens with one attached hydrogen (secondary N) is 1. The summed E-state index contributed by atoms with van der Waals surface area (Å²) in [6.45, 7) is 1.69. The average molecular weight is 179 g/mol. The quantitative estimate of drug-likeness (QED) is 0.723. The predicted octanol–water partition coefficient (Wildman–Crippen LogP) is 0.856. The summed E-state index contributed by atoms with van der Waals surface area (Å²) in [7, 11) is 0. The zero-order valence-electron chi connectivity index (χ0n) is 7.53. The van der Waals surface area contributed by atoms with E-state index in [2.05, 4.69) is 5.32 Å². The van der Waals surface area contributed by atoms with Gasteiger partial charge in [-0.15, -0.1) is 0 Å². The standard InChI is InChI=1S/C10H13NO2/c1-8(12)11-7-10(13)9-5-3-2-4-6-9/h2-6,10,13H,7H2,1H3,(H,11,12). The molecule has 0 aromatic heterocycles. The molecule has 0 fully saturated rings. The van der Waals surface area contributed by atoms with Crippen molar-refractivity contribution in [2.45, 2.75) is 13.0 Å². The van der Waals surface area contributed by atoms with Crippen molar-refractivity contribution in [1.82, 2.24) is 5.32 Å². The van der Waals surface area contributed by atoms with Crippen molar-refractivity contribution in [2.24, 2.45) is 0 Å². The SMILES string of the molecule is CC(=O)NCC(O)c1ccccc1. The van der Waals surface area contributed by atoms with E-state index in [1.54, 1.807) is 0 Å². The van der Waals surface area contributed by atoms with Gasteiger partial charge in [0.15, 0.2) is 0 Å². The van der Waals surface area contributed by atoms with Crippen LogP contribution in [0.5, 0.6) is 0 Å². The molecule has 0 saturated carbocycles. The first kappa shape index (κ1) is 9.74. The van der Waals surface area contributed by atoms with Crippen molar-refractivity contribution in [3.8, 4) is 0 Å². The fourth-order valence-corrected chi connectivity index (χ4v) is 1.03. The molecule has 1 aromatic carbocycles. The minimum atomic E-state index is -0.620. The van der Waals surface area contributed by atoms with Crippen LogP contribution in [0.25, 0.3) is 0 Å². The highest BCUT2D eigenvalue weighted by Gasteiger charge is 2.05. The van der Waals surface area contributed by atoms with E-state index in [1.165, 1.54) is 6.92 Å². The van der Waals surface area contributed by atoms with Crippen molar-refractivity contribution in [1.29, 1.82) is 0 Å². The predicted molar refractivity (Wildman–Crippen MR) is 50.1 cm³/mol. The van der Waals surface area contributed by atoms with E-state index in [0.717, 1.165) is 5.56 Å². The second-order valence-corrected chi connectivity index (χ2v) is 2.86. The summed E-state index contributed by atoms with van der Waals surface area (Å²) in [6, 6.07) is 9.24. The summed E-state index contributed by atoms with van der Waals surface area (Å²) in [4.78, 5) is 10.6. The molecule has 1 unspecified atom stereocenters. The lowest BCUT2D eigenvalue weighted by molar-refractivity contribution is -0.119. The van der Waals surface area contributed by atoms with Crippen LogP contribution in [-0.4, -0.2) is 17.6 Å². The van der Waals surface area contributed by atoms with Crippen molar-refractivity contribution >= 4 is 5.91 Å². The number of aliphatic hydroxyl groups is 1. The maximum atomic E-state index is 10.6. The number of amides is 1. The fourth-order valence-electron chi connectivity index (χ4n) is 1.03. The molecule has 0 bridgehead atoms. The summed E-state index contributed by atoms with van der Waals surface area (Å²) in [5, 5.41) is 12.1. The van der Waals surface area contributed by atoms with E-state index in [1.807, 2.05) is 30.3 Å². The van der Waals surface area contributed by atoms with Crippen LogP contribution in [-0.2, 0) is 4.79 Å². The number of rotatable bonds is 3. The number of aliphatic hydroxyl groups excluding tert-OH is 1. The molecule has 0 aliphatic rings. The number of carbonyl (C=O) groups is 1. The Kier molecular flexibility index (Phi) is 3.46. The summed E-state index contributed by atoms with van der Waals surface area (Å²) in [5.74, 6) is -0.130. The second kappa shape index (κ2) is 4.62. The van der Waals surface area contributed by atoms with Gasteiger partial charge in [-0.2, -0.15) is 0 Å². The molecule has 1 atom stereocenters. The summed E-state index contributed by atoms with van der Waals surface area (Å²) in [6.07, 6.45) is -0.620. The van der Waals surface area contributed by atoms with E-state index >= 15 is 0 Å². The topological polar surface area (TPSA) is 49.3 Å². The van der Waals surface area contributed by atoms with Gasteiger partial charge in [0.1, 0.15) is 0 Å². The molecule has 0 aliphatic heterocycles. The maximum Gasteiger partial charge on any atom is 0.216 e. The van der Waals surface area contributed by atoms with Gasteiger partial charge in [-0.3, -0.25) is 4.79 Å². The van der Waals surface area contributed by atoms with Gasteiger partial charge >= 0.3 is 0 Å². The molecule has 2 N–H and O–H groups in total. The van der Waals surface area contributed by atoms with E-state index in [-0.39, 0.29) is 12.5 Å². The number of benzene rings is 1. The Morgan fingerprint density at radius 2 is 2.08 bits per heavy atom. The van der Waals surface area contributed by atoms with Crippen molar-refractivity contribution in [2.75, 3.05) is 6.54 Å². The number of carbonyl (C=O) groups excluding carboxylic acids is 1. The normalized spacial score (nSPS) is 12.2. The monoisotopic (exact) mass is 179 g/mol. The first-order chi connectivity index (χ1) is 6.20. The molecule has 3 heteroatoms. The largest absolute Gasteiger partial charge is 0.387 e. The lowest BCUT2D eigenvalue weighted by atomic mass is 10.1. The van der Waals surface area contributed by atoms with Crippen LogP contribution in [0.4, 0.5) is 0 Å². The van der Waals surface area contributed by atoms with E-state index in [4.69, 9.17) is 0 Å². The second-order valence-electron chi connectivity index (χ2n) is 2.86. The van der Waals surface area contributed by atoms with Gasteiger partial charge in [0.25, 0.3) is 0 Å². The molecule has 3 nitrogen and oxygen atoms in total. The first-order valence-corrected chi connectivity index (χ1v) is 4.17. The molecule has 1 rings (SSSR count). The summed E-state index contributed by atoms with van der Waals surface area (Å²) < 4.78 is 0. The van der Waals surface area contributed by atoms with Gasteiger partial charge in [-0.1, -0.05) is 30.3 Å². The Bertz CT molecular complexity index is 272. The molecule has 0 saturated heterocycles. The van der Waals surface area contributed by atoms with E-state index < -0.39 is 6.10 Å². The molecule has 0 aliphatic carbocycles. The van der Waals surface area contributed by atoms with Gasteiger partial charge in [0.2, 0.25) is 5.91 Å². The zero-order valence-corrected chi connectivity index (χ0v) is 7.53.